The average molecular weight is 338 g/mol. The number of nitrogens with one attached hydrogen (secondary N) is 2. The normalized spacial score (nSPS) is 10.4. The molecule has 0 saturated heterocycles. The van der Waals surface area contributed by atoms with Crippen LogP contribution >= 0.6 is 0 Å². The summed E-state index contributed by atoms with van der Waals surface area (Å²) in [5, 5.41) is 13.8. The Kier molecular flexibility index (Phi) is 6.47. The third kappa shape index (κ3) is 6.70. The molecule has 0 atom stereocenters. The summed E-state index contributed by atoms with van der Waals surface area (Å²) in [5.41, 5.74) is 2.23. The predicted molar refractivity (Wildman–Crippen MR) is 95.2 cm³/mol. The minimum absolute atomic E-state index is 0.0926. The summed E-state index contributed by atoms with van der Waals surface area (Å²) in [5.74, 6) is -1.82. The van der Waals surface area contributed by atoms with E-state index in [0.717, 1.165) is 17.7 Å². The van der Waals surface area contributed by atoms with Crippen molar-refractivity contribution in [3.8, 4) is 0 Å². The van der Waals surface area contributed by atoms with Gasteiger partial charge in [0, 0.05) is 29.9 Å². The Bertz CT molecular complexity index is 768. The van der Waals surface area contributed by atoms with Crippen molar-refractivity contribution in [3.05, 3.63) is 72.3 Å². The first-order chi connectivity index (χ1) is 12.0. The van der Waals surface area contributed by atoms with Crippen LogP contribution in [0.4, 0.5) is 11.4 Å². The monoisotopic (exact) mass is 338 g/mol. The summed E-state index contributed by atoms with van der Waals surface area (Å²) in [6, 6.07) is 16.3. The van der Waals surface area contributed by atoms with Crippen LogP contribution in [0, 0.1) is 0 Å². The first kappa shape index (κ1) is 17.9. The number of carbonyl (C=O) groups excluding carboxylic acids is 2. The Morgan fingerprint density at radius 2 is 1.44 bits per heavy atom. The molecule has 0 fully saturated rings. The quantitative estimate of drug-likeness (QED) is 0.677. The molecule has 0 saturated carbocycles. The van der Waals surface area contributed by atoms with Gasteiger partial charge in [0.2, 0.25) is 11.8 Å². The Morgan fingerprint density at radius 1 is 0.840 bits per heavy atom. The molecule has 0 bridgehead atoms. The van der Waals surface area contributed by atoms with E-state index in [2.05, 4.69) is 10.6 Å². The number of rotatable bonds is 7. The third-order valence-electron chi connectivity index (χ3n) is 3.30. The lowest BCUT2D eigenvalue weighted by Gasteiger charge is -2.07. The molecule has 128 valence electrons. The van der Waals surface area contributed by atoms with Gasteiger partial charge in [0.15, 0.2) is 0 Å². The van der Waals surface area contributed by atoms with Gasteiger partial charge in [0.1, 0.15) is 0 Å². The van der Waals surface area contributed by atoms with Gasteiger partial charge < -0.3 is 15.7 Å². The molecule has 0 radical (unpaired) electrons. The van der Waals surface area contributed by atoms with Crippen molar-refractivity contribution in [2.75, 3.05) is 10.6 Å². The maximum atomic E-state index is 12.0. The molecule has 2 amide bonds. The van der Waals surface area contributed by atoms with Crippen molar-refractivity contribution in [2.45, 2.75) is 12.8 Å². The molecule has 0 unspecified atom stereocenters. The summed E-state index contributed by atoms with van der Waals surface area (Å²) >= 11 is 0. The predicted octanol–water partition coefficient (Wildman–Crippen LogP) is 2.84. The zero-order valence-corrected chi connectivity index (χ0v) is 13.4. The maximum absolute atomic E-state index is 12.0. The first-order valence-electron chi connectivity index (χ1n) is 7.69. The van der Waals surface area contributed by atoms with Crippen molar-refractivity contribution >= 4 is 29.2 Å². The van der Waals surface area contributed by atoms with E-state index < -0.39 is 11.9 Å². The fourth-order valence-electron chi connectivity index (χ4n) is 2.09. The highest BCUT2D eigenvalue weighted by molar-refractivity contribution is 6.02. The summed E-state index contributed by atoms with van der Waals surface area (Å²) in [7, 11) is 0. The first-order valence-corrected chi connectivity index (χ1v) is 7.69. The Morgan fingerprint density at radius 3 is 2.04 bits per heavy atom. The van der Waals surface area contributed by atoms with Gasteiger partial charge in [-0.05, 0) is 36.2 Å². The molecule has 2 rings (SSSR count). The van der Waals surface area contributed by atoms with Crippen LogP contribution in [0.5, 0.6) is 0 Å². The molecule has 0 spiro atoms. The molecule has 0 aliphatic rings. The van der Waals surface area contributed by atoms with Crippen LogP contribution in [-0.2, 0) is 20.8 Å². The molecule has 0 aliphatic carbocycles. The third-order valence-corrected chi connectivity index (χ3v) is 3.30. The second-order valence-electron chi connectivity index (χ2n) is 5.27. The number of hydrogen-bond acceptors (Lipinski definition) is 3. The van der Waals surface area contributed by atoms with Crippen LogP contribution in [0.3, 0.4) is 0 Å². The second-order valence-corrected chi connectivity index (χ2v) is 5.27. The van der Waals surface area contributed by atoms with Crippen molar-refractivity contribution < 1.29 is 19.5 Å². The molecular weight excluding hydrogens is 320 g/mol. The van der Waals surface area contributed by atoms with Crippen molar-refractivity contribution in [2.24, 2.45) is 0 Å². The van der Waals surface area contributed by atoms with Gasteiger partial charge in [-0.3, -0.25) is 9.59 Å². The molecule has 0 aliphatic heterocycles. The number of anilines is 2. The maximum Gasteiger partial charge on any atom is 0.328 e. The Balaban J connectivity index is 1.82. The fraction of sp³-hybridized carbons (Fsp3) is 0.105. The number of carbonyl (C=O) groups is 3. The van der Waals surface area contributed by atoms with Gasteiger partial charge in [-0.1, -0.05) is 30.3 Å². The van der Waals surface area contributed by atoms with E-state index in [1.165, 1.54) is 0 Å². The molecular formula is C19H18N2O4. The number of hydrogen-bond donors (Lipinski definition) is 3. The van der Waals surface area contributed by atoms with Crippen LogP contribution in [0.2, 0.25) is 0 Å². The van der Waals surface area contributed by atoms with Gasteiger partial charge in [-0.25, -0.2) is 4.79 Å². The number of amides is 2. The van der Waals surface area contributed by atoms with Gasteiger partial charge >= 0.3 is 5.97 Å². The highest BCUT2D eigenvalue weighted by Crippen LogP contribution is 2.14. The van der Waals surface area contributed by atoms with E-state index in [0.29, 0.717) is 24.2 Å². The van der Waals surface area contributed by atoms with Gasteiger partial charge in [-0.15, -0.1) is 0 Å². The minimum atomic E-state index is -1.19. The fourth-order valence-corrected chi connectivity index (χ4v) is 2.09. The summed E-state index contributed by atoms with van der Waals surface area (Å²) in [6.45, 7) is 0. The molecule has 2 aromatic rings. The second kappa shape index (κ2) is 9.02. The van der Waals surface area contributed by atoms with E-state index in [-0.39, 0.29) is 5.91 Å². The van der Waals surface area contributed by atoms with Crippen LogP contribution in [-0.4, -0.2) is 22.9 Å². The lowest BCUT2D eigenvalue weighted by molar-refractivity contribution is -0.131. The number of benzene rings is 2. The molecule has 0 heterocycles. The molecule has 3 N–H and O–H groups in total. The van der Waals surface area contributed by atoms with Crippen LogP contribution in [0.25, 0.3) is 0 Å². The van der Waals surface area contributed by atoms with Gasteiger partial charge in [0.05, 0.1) is 0 Å². The molecule has 6 heteroatoms. The van der Waals surface area contributed by atoms with Gasteiger partial charge in [0.25, 0.3) is 0 Å². The molecule has 2 aromatic carbocycles. The lowest BCUT2D eigenvalue weighted by atomic mass is 10.1. The van der Waals surface area contributed by atoms with Crippen molar-refractivity contribution in [3.63, 3.8) is 0 Å². The molecule has 6 nitrogen and oxygen atoms in total. The standard InChI is InChI=1S/C19H18N2O4/c22-17(11-6-14-4-2-1-3-5-14)20-15-7-9-16(10-8-15)21-18(23)12-13-19(24)25/h1-5,7-10,12-13H,6,11H2,(H,20,22)(H,21,23)(H,24,25)/b13-12+. The Hall–Kier alpha value is -3.41. The van der Waals surface area contributed by atoms with E-state index in [4.69, 9.17) is 5.11 Å². The van der Waals surface area contributed by atoms with Crippen molar-refractivity contribution in [1.29, 1.82) is 0 Å². The summed E-state index contributed by atoms with van der Waals surface area (Å²) in [4.78, 5) is 33.8. The average Bonchev–Trinajstić information content (AvgIpc) is 2.61. The SMILES string of the molecule is O=C(O)/C=C/C(=O)Nc1ccc(NC(=O)CCc2ccccc2)cc1. The highest BCUT2D eigenvalue weighted by atomic mass is 16.4. The Labute approximate surface area is 145 Å². The minimum Gasteiger partial charge on any atom is -0.478 e. The van der Waals surface area contributed by atoms with Crippen LogP contribution in [0.15, 0.2) is 66.7 Å². The van der Waals surface area contributed by atoms with E-state index in [1.807, 2.05) is 30.3 Å². The van der Waals surface area contributed by atoms with E-state index >= 15 is 0 Å². The van der Waals surface area contributed by atoms with Crippen molar-refractivity contribution in [1.82, 2.24) is 0 Å². The highest BCUT2D eigenvalue weighted by Gasteiger charge is 2.04. The smallest absolute Gasteiger partial charge is 0.328 e. The lowest BCUT2D eigenvalue weighted by Crippen LogP contribution is -2.12. The zero-order valence-electron chi connectivity index (χ0n) is 13.4. The zero-order chi connectivity index (χ0) is 18.1. The van der Waals surface area contributed by atoms with Gasteiger partial charge in [-0.2, -0.15) is 0 Å². The molecule has 25 heavy (non-hydrogen) atoms. The number of carboxylic acid groups (broad SMARTS) is 1. The number of carboxylic acids is 1. The summed E-state index contributed by atoms with van der Waals surface area (Å²) < 4.78 is 0. The number of aliphatic carboxylic acids is 1. The topological polar surface area (TPSA) is 95.5 Å². The van der Waals surface area contributed by atoms with E-state index in [9.17, 15) is 14.4 Å². The largest absolute Gasteiger partial charge is 0.478 e. The number of aryl methyl sites for hydroxylation is 1. The van der Waals surface area contributed by atoms with E-state index in [1.54, 1.807) is 24.3 Å². The molecule has 0 aromatic heterocycles. The van der Waals surface area contributed by atoms with Crippen LogP contribution < -0.4 is 10.6 Å². The van der Waals surface area contributed by atoms with Crippen LogP contribution in [0.1, 0.15) is 12.0 Å². The summed E-state index contributed by atoms with van der Waals surface area (Å²) in [6.07, 6.45) is 2.73.